The van der Waals surface area contributed by atoms with Gasteiger partial charge in [-0.3, -0.25) is 9.20 Å². The summed E-state index contributed by atoms with van der Waals surface area (Å²) in [5.74, 6) is 1.29. The molecule has 0 N–H and O–H groups in total. The van der Waals surface area contributed by atoms with Gasteiger partial charge in [0.15, 0.2) is 0 Å². The Hall–Kier alpha value is -1.56. The van der Waals surface area contributed by atoms with Gasteiger partial charge in [-0.25, -0.2) is 9.97 Å². The van der Waals surface area contributed by atoms with Crippen LogP contribution < -0.4 is 0 Å². The number of rotatable bonds is 5. The van der Waals surface area contributed by atoms with Gasteiger partial charge in [0, 0.05) is 29.6 Å². The van der Waals surface area contributed by atoms with Gasteiger partial charge in [-0.15, -0.1) is 0 Å². The standard InChI is InChI=1S/C12H15N3O2S/c1-9(6-11(16)17-2)18-8-10-7-15-5-3-4-13-12(15)14-10/h3-5,7,9H,6,8H2,1-2H3. The Kier molecular flexibility index (Phi) is 4.19. The zero-order chi connectivity index (χ0) is 13.0. The van der Waals surface area contributed by atoms with Crippen LogP contribution in [0, 0.1) is 0 Å². The van der Waals surface area contributed by atoms with Crippen LogP contribution in [0.3, 0.4) is 0 Å². The summed E-state index contributed by atoms with van der Waals surface area (Å²) in [6, 6.07) is 1.87. The molecule has 0 amide bonds. The fourth-order valence-corrected chi connectivity index (χ4v) is 2.40. The van der Waals surface area contributed by atoms with Crippen molar-refractivity contribution in [2.45, 2.75) is 24.3 Å². The average Bonchev–Trinajstić information content (AvgIpc) is 2.79. The Balaban J connectivity index is 1.91. The zero-order valence-corrected chi connectivity index (χ0v) is 11.2. The van der Waals surface area contributed by atoms with Crippen LogP contribution in [-0.2, 0) is 15.3 Å². The summed E-state index contributed by atoms with van der Waals surface area (Å²) in [6.45, 7) is 2.01. The molecule has 0 aliphatic rings. The van der Waals surface area contributed by atoms with Crippen LogP contribution in [0.15, 0.2) is 24.7 Å². The van der Waals surface area contributed by atoms with E-state index in [4.69, 9.17) is 0 Å². The predicted octanol–water partition coefficient (Wildman–Crippen LogP) is 1.91. The number of methoxy groups -OCH3 is 1. The summed E-state index contributed by atoms with van der Waals surface area (Å²) in [7, 11) is 1.41. The van der Waals surface area contributed by atoms with Gasteiger partial charge < -0.3 is 4.74 Å². The molecule has 0 spiro atoms. The summed E-state index contributed by atoms with van der Waals surface area (Å²) in [6.07, 6.45) is 6.02. The third-order valence-electron chi connectivity index (χ3n) is 2.48. The van der Waals surface area contributed by atoms with Gasteiger partial charge in [0.05, 0.1) is 19.2 Å². The Labute approximate surface area is 110 Å². The molecule has 0 fully saturated rings. The Morgan fingerprint density at radius 2 is 2.44 bits per heavy atom. The van der Waals surface area contributed by atoms with E-state index in [9.17, 15) is 4.79 Å². The lowest BCUT2D eigenvalue weighted by Crippen LogP contribution is -2.08. The third-order valence-corrected chi connectivity index (χ3v) is 3.68. The van der Waals surface area contributed by atoms with Crippen LogP contribution in [0.4, 0.5) is 0 Å². The normalized spacial score (nSPS) is 12.6. The molecule has 96 valence electrons. The fraction of sp³-hybridized carbons (Fsp3) is 0.417. The minimum atomic E-state index is -0.174. The molecule has 2 heterocycles. The van der Waals surface area contributed by atoms with Crippen molar-refractivity contribution < 1.29 is 9.53 Å². The molecule has 0 saturated heterocycles. The van der Waals surface area contributed by atoms with Gasteiger partial charge in [0.2, 0.25) is 5.78 Å². The largest absolute Gasteiger partial charge is 0.469 e. The minimum absolute atomic E-state index is 0.174. The second-order valence-corrected chi connectivity index (χ2v) is 5.39. The molecular weight excluding hydrogens is 250 g/mol. The smallest absolute Gasteiger partial charge is 0.306 e. The van der Waals surface area contributed by atoms with E-state index in [1.807, 2.05) is 29.8 Å². The summed E-state index contributed by atoms with van der Waals surface area (Å²) in [4.78, 5) is 19.7. The number of carbonyl (C=O) groups excluding carboxylic acids is 1. The number of nitrogens with zero attached hydrogens (tertiary/aromatic N) is 3. The highest BCUT2D eigenvalue weighted by molar-refractivity contribution is 7.99. The van der Waals surface area contributed by atoms with Crippen molar-refractivity contribution in [2.75, 3.05) is 7.11 Å². The molecule has 0 aliphatic carbocycles. The molecule has 1 unspecified atom stereocenters. The molecule has 0 radical (unpaired) electrons. The molecule has 2 aromatic heterocycles. The highest BCUT2D eigenvalue weighted by Gasteiger charge is 2.11. The number of aromatic nitrogens is 3. The molecule has 1 atom stereocenters. The van der Waals surface area contributed by atoms with Crippen molar-refractivity contribution in [3.63, 3.8) is 0 Å². The highest BCUT2D eigenvalue weighted by atomic mass is 32.2. The van der Waals surface area contributed by atoms with E-state index < -0.39 is 0 Å². The highest BCUT2D eigenvalue weighted by Crippen LogP contribution is 2.19. The lowest BCUT2D eigenvalue weighted by molar-refractivity contribution is -0.140. The number of hydrogen-bond acceptors (Lipinski definition) is 5. The summed E-state index contributed by atoms with van der Waals surface area (Å²) in [5.41, 5.74) is 0.968. The van der Waals surface area contributed by atoms with Gasteiger partial charge >= 0.3 is 5.97 Å². The number of carbonyl (C=O) groups is 1. The molecule has 2 rings (SSSR count). The number of thioether (sulfide) groups is 1. The minimum Gasteiger partial charge on any atom is -0.469 e. The van der Waals surface area contributed by atoms with E-state index >= 15 is 0 Å². The van der Waals surface area contributed by atoms with Crippen LogP contribution in [0.5, 0.6) is 0 Å². The first kappa shape index (κ1) is 12.9. The van der Waals surface area contributed by atoms with Crippen LogP contribution in [-0.4, -0.2) is 32.7 Å². The zero-order valence-electron chi connectivity index (χ0n) is 10.4. The fourth-order valence-electron chi connectivity index (χ4n) is 1.55. The maximum atomic E-state index is 11.1. The average molecular weight is 265 g/mol. The van der Waals surface area contributed by atoms with Crippen molar-refractivity contribution in [3.05, 3.63) is 30.4 Å². The van der Waals surface area contributed by atoms with Crippen LogP contribution >= 0.6 is 11.8 Å². The first-order chi connectivity index (χ1) is 8.69. The Bertz CT molecular complexity index is 508. The molecule has 5 nitrogen and oxygen atoms in total. The number of imidazole rings is 1. The van der Waals surface area contributed by atoms with Crippen LogP contribution in [0.25, 0.3) is 5.78 Å². The monoisotopic (exact) mass is 265 g/mol. The molecule has 0 saturated carbocycles. The summed E-state index contributed by atoms with van der Waals surface area (Å²) < 4.78 is 6.53. The maximum Gasteiger partial charge on any atom is 0.306 e. The lowest BCUT2D eigenvalue weighted by atomic mass is 10.3. The second kappa shape index (κ2) is 5.86. The first-order valence-electron chi connectivity index (χ1n) is 5.66. The van der Waals surface area contributed by atoms with Gasteiger partial charge in [0.1, 0.15) is 0 Å². The Morgan fingerprint density at radius 3 is 3.17 bits per heavy atom. The Morgan fingerprint density at radius 1 is 1.61 bits per heavy atom. The van der Waals surface area contributed by atoms with Crippen molar-refractivity contribution in [1.82, 2.24) is 14.4 Å². The molecular formula is C12H15N3O2S. The molecule has 0 aliphatic heterocycles. The molecule has 0 bridgehead atoms. The van der Waals surface area contributed by atoms with Crippen LogP contribution in [0.1, 0.15) is 19.0 Å². The van der Waals surface area contributed by atoms with E-state index in [1.54, 1.807) is 18.0 Å². The van der Waals surface area contributed by atoms with Crippen molar-refractivity contribution in [1.29, 1.82) is 0 Å². The van der Waals surface area contributed by atoms with Gasteiger partial charge in [-0.05, 0) is 6.07 Å². The van der Waals surface area contributed by atoms with Gasteiger partial charge in [-0.1, -0.05) is 6.92 Å². The van der Waals surface area contributed by atoms with Crippen LogP contribution in [0.2, 0.25) is 0 Å². The summed E-state index contributed by atoms with van der Waals surface area (Å²) >= 11 is 1.68. The number of esters is 1. The van der Waals surface area contributed by atoms with Crippen molar-refractivity contribution in [2.24, 2.45) is 0 Å². The van der Waals surface area contributed by atoms with E-state index in [-0.39, 0.29) is 11.2 Å². The van der Waals surface area contributed by atoms with Gasteiger partial charge in [-0.2, -0.15) is 11.8 Å². The first-order valence-corrected chi connectivity index (χ1v) is 6.71. The van der Waals surface area contributed by atoms with E-state index in [2.05, 4.69) is 14.7 Å². The van der Waals surface area contributed by atoms with E-state index in [0.29, 0.717) is 12.2 Å². The molecule has 2 aromatic rings. The quantitative estimate of drug-likeness (QED) is 0.773. The SMILES string of the molecule is COC(=O)CC(C)SCc1cn2cccnc2n1. The topological polar surface area (TPSA) is 56.5 Å². The summed E-state index contributed by atoms with van der Waals surface area (Å²) in [5, 5.41) is 0.218. The third kappa shape index (κ3) is 3.22. The number of ether oxygens (including phenoxy) is 1. The number of fused-ring (bicyclic) bond motifs is 1. The van der Waals surface area contributed by atoms with E-state index in [0.717, 1.165) is 11.4 Å². The second-order valence-electron chi connectivity index (χ2n) is 3.96. The number of hydrogen-bond donors (Lipinski definition) is 0. The molecule has 0 aromatic carbocycles. The van der Waals surface area contributed by atoms with Crippen molar-refractivity contribution >= 4 is 23.5 Å². The maximum absolute atomic E-state index is 11.1. The molecule has 6 heteroatoms. The van der Waals surface area contributed by atoms with Crippen molar-refractivity contribution in [3.8, 4) is 0 Å². The molecule has 18 heavy (non-hydrogen) atoms. The van der Waals surface area contributed by atoms with Gasteiger partial charge in [0.25, 0.3) is 0 Å². The lowest BCUT2D eigenvalue weighted by Gasteiger charge is -2.07. The predicted molar refractivity (Wildman–Crippen MR) is 70.4 cm³/mol. The van der Waals surface area contributed by atoms with E-state index in [1.165, 1.54) is 7.11 Å².